The summed E-state index contributed by atoms with van der Waals surface area (Å²) in [7, 11) is 0. The van der Waals surface area contributed by atoms with Crippen LogP contribution in [0.5, 0.6) is 0 Å². The zero-order valence-electron chi connectivity index (χ0n) is 17.7. The fraction of sp³-hybridized carbons (Fsp3) is 0.708. The minimum atomic E-state index is -4.16. The molecule has 1 atom stereocenters. The van der Waals surface area contributed by atoms with Crippen LogP contribution in [0.2, 0.25) is 0 Å². The Bertz CT molecular complexity index is 531. The summed E-state index contributed by atoms with van der Waals surface area (Å²) in [5.41, 5.74) is 5.49. The van der Waals surface area contributed by atoms with Crippen molar-refractivity contribution in [1.82, 2.24) is 0 Å². The van der Waals surface area contributed by atoms with Crippen LogP contribution < -0.4 is 5.73 Å². The summed E-state index contributed by atoms with van der Waals surface area (Å²) in [5, 5.41) is 0. The second-order valence-corrected chi connectivity index (χ2v) is 8.11. The van der Waals surface area contributed by atoms with E-state index >= 15 is 0 Å². The lowest BCUT2D eigenvalue weighted by atomic mass is 9.92. The molecule has 0 fully saturated rings. The summed E-state index contributed by atoms with van der Waals surface area (Å²) in [6.45, 7) is 0. The molecule has 2 nitrogen and oxygen atoms in total. The molecule has 0 aromatic heterocycles. The Balaban J connectivity index is 1.96. The van der Waals surface area contributed by atoms with E-state index in [4.69, 9.17) is 5.73 Å². The Morgan fingerprint density at radius 3 is 1.55 bits per heavy atom. The third-order valence-electron chi connectivity index (χ3n) is 5.51. The second-order valence-electron chi connectivity index (χ2n) is 8.11. The molecule has 1 aromatic rings. The highest BCUT2D eigenvalue weighted by Crippen LogP contribution is 2.38. The number of amides is 1. The molecule has 1 aromatic carbocycles. The third-order valence-corrected chi connectivity index (χ3v) is 5.51. The van der Waals surface area contributed by atoms with Crippen molar-refractivity contribution in [1.29, 1.82) is 0 Å². The first-order valence-electron chi connectivity index (χ1n) is 11.3. The van der Waals surface area contributed by atoms with Gasteiger partial charge in [-0.3, -0.25) is 4.79 Å². The molecule has 29 heavy (non-hydrogen) atoms. The summed E-state index contributed by atoms with van der Waals surface area (Å²) in [5.74, 6) is -1.54. The van der Waals surface area contributed by atoms with Gasteiger partial charge in [-0.05, 0) is 18.4 Å². The smallest absolute Gasteiger partial charge is 0.370 e. The molecule has 5 heteroatoms. The normalized spacial score (nSPS) is 12.8. The maximum Gasteiger partial charge on any atom is 0.395 e. The van der Waals surface area contributed by atoms with Crippen molar-refractivity contribution in [2.45, 2.75) is 108 Å². The molecular weight excluding hydrogens is 375 g/mol. The highest BCUT2D eigenvalue weighted by Gasteiger charge is 2.39. The number of carbonyl (C=O) groups excluding carboxylic acids is 1. The van der Waals surface area contributed by atoms with Crippen LogP contribution in [0.3, 0.4) is 0 Å². The second kappa shape index (κ2) is 15.3. The van der Waals surface area contributed by atoms with Gasteiger partial charge in [-0.15, -0.1) is 0 Å². The van der Waals surface area contributed by atoms with E-state index in [1.165, 1.54) is 44.9 Å². The molecule has 1 unspecified atom stereocenters. The zero-order valence-corrected chi connectivity index (χ0v) is 17.7. The van der Waals surface area contributed by atoms with Gasteiger partial charge in [0.25, 0.3) is 0 Å². The molecule has 166 valence electrons. The van der Waals surface area contributed by atoms with E-state index in [0.717, 1.165) is 32.1 Å². The number of hydrogen-bond donors (Lipinski definition) is 1. The van der Waals surface area contributed by atoms with E-state index in [2.05, 4.69) is 0 Å². The largest absolute Gasteiger partial charge is 0.395 e. The predicted octanol–water partition coefficient (Wildman–Crippen LogP) is 7.67. The van der Waals surface area contributed by atoms with Crippen molar-refractivity contribution in [2.24, 2.45) is 5.73 Å². The van der Waals surface area contributed by atoms with Crippen LogP contribution in [0.25, 0.3) is 0 Å². The fourth-order valence-corrected chi connectivity index (χ4v) is 3.80. The van der Waals surface area contributed by atoms with Gasteiger partial charge >= 0.3 is 6.18 Å². The molecule has 1 rings (SSSR count). The lowest BCUT2D eigenvalue weighted by Crippen LogP contribution is -2.20. The number of rotatable bonds is 17. The number of carbonyl (C=O) groups is 1. The third kappa shape index (κ3) is 13.3. The number of primary amides is 1. The lowest BCUT2D eigenvalue weighted by molar-refractivity contribution is -0.152. The summed E-state index contributed by atoms with van der Waals surface area (Å²) in [6, 6.07) is 8.28. The number of unbranched alkanes of at least 4 members (excludes halogenated alkanes) is 12. The molecule has 0 saturated heterocycles. The van der Waals surface area contributed by atoms with Crippen LogP contribution in [-0.4, -0.2) is 12.1 Å². The van der Waals surface area contributed by atoms with Crippen molar-refractivity contribution < 1.29 is 18.0 Å². The minimum Gasteiger partial charge on any atom is -0.370 e. The average molecular weight is 414 g/mol. The fourth-order valence-electron chi connectivity index (χ4n) is 3.80. The Hall–Kier alpha value is -1.52. The number of benzene rings is 1. The van der Waals surface area contributed by atoms with Crippen LogP contribution in [0.1, 0.15) is 108 Å². The highest BCUT2D eigenvalue weighted by molar-refractivity contribution is 5.73. The van der Waals surface area contributed by atoms with E-state index in [0.29, 0.717) is 18.4 Å². The van der Waals surface area contributed by atoms with Gasteiger partial charge in [-0.2, -0.15) is 13.2 Å². The molecule has 0 saturated carbocycles. The van der Waals surface area contributed by atoms with Crippen molar-refractivity contribution in [2.75, 3.05) is 0 Å². The Labute approximate surface area is 174 Å². The number of halogens is 3. The molecule has 0 heterocycles. The van der Waals surface area contributed by atoms with E-state index in [9.17, 15) is 18.0 Å². The van der Waals surface area contributed by atoms with Crippen molar-refractivity contribution in [3.05, 3.63) is 35.9 Å². The molecule has 0 aliphatic carbocycles. The van der Waals surface area contributed by atoms with Gasteiger partial charge in [-0.25, -0.2) is 0 Å². The van der Waals surface area contributed by atoms with Crippen LogP contribution in [-0.2, 0) is 4.79 Å². The first kappa shape index (κ1) is 25.5. The SMILES string of the molecule is NC(=O)CCCCCCCCCCCCCCCC(c1ccccc1)C(F)(F)F. The average Bonchev–Trinajstić information content (AvgIpc) is 2.67. The van der Waals surface area contributed by atoms with Gasteiger partial charge in [0, 0.05) is 6.42 Å². The van der Waals surface area contributed by atoms with Gasteiger partial charge in [0.2, 0.25) is 5.91 Å². The Morgan fingerprint density at radius 2 is 1.14 bits per heavy atom. The number of hydrogen-bond acceptors (Lipinski definition) is 1. The van der Waals surface area contributed by atoms with E-state index in [1.807, 2.05) is 0 Å². The minimum absolute atomic E-state index is 0.187. The van der Waals surface area contributed by atoms with Crippen LogP contribution in [0.15, 0.2) is 30.3 Å². The standard InChI is InChI=1S/C24H38F3NO/c25-24(26,27)22(21-17-13-12-14-18-21)19-15-10-8-6-4-2-1-3-5-7-9-11-16-20-23(28)29/h12-14,17-18,22H,1-11,15-16,19-20H2,(H2,28,29). The molecule has 1 amide bonds. The van der Waals surface area contributed by atoms with E-state index in [1.54, 1.807) is 30.3 Å². The summed E-state index contributed by atoms with van der Waals surface area (Å²) in [4.78, 5) is 10.6. The highest BCUT2D eigenvalue weighted by atomic mass is 19.4. The molecule has 0 radical (unpaired) electrons. The summed E-state index contributed by atoms with van der Waals surface area (Å²) in [6.07, 6.45) is 10.7. The predicted molar refractivity (Wildman–Crippen MR) is 114 cm³/mol. The van der Waals surface area contributed by atoms with Crippen molar-refractivity contribution >= 4 is 5.91 Å². The van der Waals surface area contributed by atoms with Gasteiger partial charge in [0.1, 0.15) is 0 Å². The maximum atomic E-state index is 13.3. The van der Waals surface area contributed by atoms with Gasteiger partial charge in [0.05, 0.1) is 5.92 Å². The quantitative estimate of drug-likeness (QED) is 0.262. The molecule has 0 aliphatic heterocycles. The maximum absolute atomic E-state index is 13.3. The Kier molecular flexibility index (Phi) is 13.5. The van der Waals surface area contributed by atoms with E-state index < -0.39 is 12.1 Å². The summed E-state index contributed by atoms with van der Waals surface area (Å²) < 4.78 is 39.9. The van der Waals surface area contributed by atoms with Gasteiger partial charge in [0.15, 0.2) is 0 Å². The van der Waals surface area contributed by atoms with Crippen LogP contribution in [0, 0.1) is 0 Å². The molecule has 0 spiro atoms. The topological polar surface area (TPSA) is 43.1 Å². The first-order valence-corrected chi connectivity index (χ1v) is 11.3. The lowest BCUT2D eigenvalue weighted by Gasteiger charge is -2.20. The number of nitrogens with two attached hydrogens (primary N) is 1. The van der Waals surface area contributed by atoms with Crippen LogP contribution in [0.4, 0.5) is 13.2 Å². The van der Waals surface area contributed by atoms with Crippen molar-refractivity contribution in [3.8, 4) is 0 Å². The van der Waals surface area contributed by atoms with Crippen molar-refractivity contribution in [3.63, 3.8) is 0 Å². The van der Waals surface area contributed by atoms with Gasteiger partial charge in [-0.1, -0.05) is 107 Å². The Morgan fingerprint density at radius 1 is 0.724 bits per heavy atom. The molecule has 0 bridgehead atoms. The monoisotopic (exact) mass is 413 g/mol. The number of alkyl halides is 3. The molecule has 2 N–H and O–H groups in total. The summed E-state index contributed by atoms with van der Waals surface area (Å²) >= 11 is 0. The van der Waals surface area contributed by atoms with Crippen LogP contribution >= 0.6 is 0 Å². The molecule has 0 aliphatic rings. The zero-order chi connectivity index (χ0) is 21.4. The molecular formula is C24H38F3NO. The first-order chi connectivity index (χ1) is 13.9. The van der Waals surface area contributed by atoms with Gasteiger partial charge < -0.3 is 5.73 Å². The van der Waals surface area contributed by atoms with E-state index in [-0.39, 0.29) is 12.3 Å².